The zero-order valence-electron chi connectivity index (χ0n) is 28.4. The summed E-state index contributed by atoms with van der Waals surface area (Å²) in [4.78, 5) is 2.48. The van der Waals surface area contributed by atoms with Crippen LogP contribution in [0.15, 0.2) is 200 Å². The lowest BCUT2D eigenvalue weighted by atomic mass is 9.93. The van der Waals surface area contributed by atoms with Crippen molar-refractivity contribution in [2.24, 2.45) is 0 Å². The molecule has 0 aliphatic heterocycles. The number of anilines is 3. The summed E-state index contributed by atoms with van der Waals surface area (Å²) in [6.07, 6.45) is 0. The third-order valence-corrected chi connectivity index (χ3v) is 11.5. The topological polar surface area (TPSA) is 3.24 Å². The van der Waals surface area contributed by atoms with Crippen molar-refractivity contribution in [1.29, 1.82) is 0 Å². The maximum Gasteiger partial charge on any atom is 0.0555 e. The van der Waals surface area contributed by atoms with Crippen LogP contribution in [0.1, 0.15) is 0 Å². The molecule has 10 rings (SSSR count). The van der Waals surface area contributed by atoms with Crippen molar-refractivity contribution in [2.75, 3.05) is 4.90 Å². The standard InChI is InChI=1S/C50H33NS/c1-4-14-34(15-5-1)42-29-28-40(33-45(42)36-18-8-3-9-19-36)51(39-27-26-38-25-24-37-20-10-11-21-41(37)46(38)32-39)47-31-30-43(35-16-6-2-7-17-35)50-49(47)44-22-12-13-23-48(44)52-50/h1-33H. The normalized spacial score (nSPS) is 11.5. The number of thiophene rings is 1. The fourth-order valence-electron chi connectivity index (χ4n) is 7.80. The van der Waals surface area contributed by atoms with Gasteiger partial charge >= 0.3 is 0 Å². The quantitative estimate of drug-likeness (QED) is 0.158. The lowest BCUT2D eigenvalue weighted by molar-refractivity contribution is 1.31. The van der Waals surface area contributed by atoms with E-state index in [-0.39, 0.29) is 0 Å². The van der Waals surface area contributed by atoms with Crippen molar-refractivity contribution >= 4 is 70.1 Å². The van der Waals surface area contributed by atoms with Gasteiger partial charge in [0.1, 0.15) is 0 Å². The molecule has 0 saturated carbocycles. The van der Waals surface area contributed by atoms with E-state index in [4.69, 9.17) is 0 Å². The first-order chi connectivity index (χ1) is 25.8. The molecule has 0 fully saturated rings. The first kappa shape index (κ1) is 30.4. The van der Waals surface area contributed by atoms with Crippen LogP contribution in [0.5, 0.6) is 0 Å². The summed E-state index contributed by atoms with van der Waals surface area (Å²) in [7, 11) is 0. The lowest BCUT2D eigenvalue weighted by Gasteiger charge is -2.28. The molecule has 9 aromatic carbocycles. The Labute approximate surface area is 307 Å². The number of nitrogens with zero attached hydrogens (tertiary/aromatic N) is 1. The smallest absolute Gasteiger partial charge is 0.0555 e. The average Bonchev–Trinajstić information content (AvgIpc) is 3.62. The zero-order chi connectivity index (χ0) is 34.4. The average molecular weight is 680 g/mol. The monoisotopic (exact) mass is 679 g/mol. The van der Waals surface area contributed by atoms with Gasteiger partial charge in [-0.25, -0.2) is 0 Å². The number of benzene rings is 9. The zero-order valence-corrected chi connectivity index (χ0v) is 29.2. The summed E-state index contributed by atoms with van der Waals surface area (Å²) >= 11 is 1.88. The van der Waals surface area contributed by atoms with Crippen molar-refractivity contribution in [1.82, 2.24) is 0 Å². The Kier molecular flexibility index (Phi) is 7.41. The molecule has 0 atom stereocenters. The Balaban J connectivity index is 1.29. The minimum absolute atomic E-state index is 1.11. The Morgan fingerprint density at radius 2 is 0.865 bits per heavy atom. The number of rotatable bonds is 6. The number of hydrogen-bond acceptors (Lipinski definition) is 2. The summed E-state index contributed by atoms with van der Waals surface area (Å²) in [6, 6.07) is 73.0. The van der Waals surface area contributed by atoms with Crippen LogP contribution in [-0.2, 0) is 0 Å². The molecule has 0 bridgehead atoms. The van der Waals surface area contributed by atoms with Gasteiger partial charge < -0.3 is 4.90 Å². The van der Waals surface area contributed by atoms with Gasteiger partial charge in [0.05, 0.1) is 5.69 Å². The van der Waals surface area contributed by atoms with Gasteiger partial charge in [0, 0.05) is 31.5 Å². The Morgan fingerprint density at radius 3 is 1.60 bits per heavy atom. The summed E-state index contributed by atoms with van der Waals surface area (Å²) in [6.45, 7) is 0. The van der Waals surface area contributed by atoms with Crippen LogP contribution < -0.4 is 4.90 Å². The predicted octanol–water partition coefficient (Wildman–Crippen LogP) is 14.8. The Hall–Kier alpha value is -6.48. The summed E-state index contributed by atoms with van der Waals surface area (Å²) in [5, 5.41) is 7.53. The van der Waals surface area contributed by atoms with E-state index in [0.29, 0.717) is 0 Å². The second-order valence-electron chi connectivity index (χ2n) is 13.3. The van der Waals surface area contributed by atoms with Crippen LogP contribution in [0.3, 0.4) is 0 Å². The number of fused-ring (bicyclic) bond motifs is 6. The van der Waals surface area contributed by atoms with Crippen molar-refractivity contribution in [2.45, 2.75) is 0 Å². The molecule has 2 heteroatoms. The molecule has 0 unspecified atom stereocenters. The van der Waals surface area contributed by atoms with E-state index in [2.05, 4.69) is 205 Å². The van der Waals surface area contributed by atoms with Gasteiger partial charge in [-0.15, -0.1) is 11.3 Å². The molecule has 0 aliphatic carbocycles. The first-order valence-corrected chi connectivity index (χ1v) is 18.6. The highest BCUT2D eigenvalue weighted by molar-refractivity contribution is 7.26. The highest BCUT2D eigenvalue weighted by Gasteiger charge is 2.22. The largest absolute Gasteiger partial charge is 0.310 e. The van der Waals surface area contributed by atoms with Crippen LogP contribution in [0, 0.1) is 0 Å². The summed E-state index contributed by atoms with van der Waals surface area (Å²) in [5.74, 6) is 0. The summed E-state index contributed by atoms with van der Waals surface area (Å²) < 4.78 is 2.58. The molecular weight excluding hydrogens is 647 g/mol. The van der Waals surface area contributed by atoms with Crippen LogP contribution >= 0.6 is 11.3 Å². The molecule has 1 aromatic heterocycles. The molecule has 1 nitrogen and oxygen atoms in total. The maximum absolute atomic E-state index is 2.48. The predicted molar refractivity (Wildman–Crippen MR) is 225 cm³/mol. The van der Waals surface area contributed by atoms with Gasteiger partial charge in [0.15, 0.2) is 0 Å². The second kappa shape index (κ2) is 12.7. The second-order valence-corrected chi connectivity index (χ2v) is 14.3. The van der Waals surface area contributed by atoms with E-state index >= 15 is 0 Å². The lowest BCUT2D eigenvalue weighted by Crippen LogP contribution is -2.11. The molecule has 244 valence electrons. The SMILES string of the molecule is c1ccc(-c2ccc(N(c3ccc4ccc5ccccc5c4c3)c3ccc(-c4ccccc4)c4sc5ccccc5c34)cc2-c2ccccc2)cc1. The molecule has 0 radical (unpaired) electrons. The van der Waals surface area contributed by atoms with Crippen molar-refractivity contribution in [3.8, 4) is 33.4 Å². The minimum atomic E-state index is 1.11. The molecule has 0 N–H and O–H groups in total. The van der Waals surface area contributed by atoms with Gasteiger partial charge in [-0.1, -0.05) is 164 Å². The third-order valence-electron chi connectivity index (χ3n) is 10.2. The minimum Gasteiger partial charge on any atom is -0.310 e. The van der Waals surface area contributed by atoms with E-state index in [0.717, 1.165) is 17.1 Å². The highest BCUT2D eigenvalue weighted by atomic mass is 32.1. The Bertz CT molecular complexity index is 2890. The molecule has 0 aliphatic rings. The van der Waals surface area contributed by atoms with Crippen LogP contribution in [-0.4, -0.2) is 0 Å². The van der Waals surface area contributed by atoms with Crippen molar-refractivity contribution < 1.29 is 0 Å². The van der Waals surface area contributed by atoms with E-state index in [9.17, 15) is 0 Å². The van der Waals surface area contributed by atoms with E-state index in [1.54, 1.807) is 0 Å². The molecule has 1 heterocycles. The maximum atomic E-state index is 2.48. The molecule has 0 spiro atoms. The van der Waals surface area contributed by atoms with Gasteiger partial charge in [0.25, 0.3) is 0 Å². The van der Waals surface area contributed by atoms with E-state index in [1.807, 2.05) is 11.3 Å². The molecule has 10 aromatic rings. The molecule has 52 heavy (non-hydrogen) atoms. The highest BCUT2D eigenvalue weighted by Crippen LogP contribution is 2.49. The van der Waals surface area contributed by atoms with Gasteiger partial charge in [-0.3, -0.25) is 0 Å². The summed E-state index contributed by atoms with van der Waals surface area (Å²) in [5.41, 5.74) is 10.7. The van der Waals surface area contributed by atoms with Crippen LogP contribution in [0.4, 0.5) is 17.1 Å². The fraction of sp³-hybridized carbons (Fsp3) is 0. The molecular formula is C50H33NS. The van der Waals surface area contributed by atoms with E-state index in [1.165, 1.54) is 75.1 Å². The van der Waals surface area contributed by atoms with Crippen LogP contribution in [0.2, 0.25) is 0 Å². The fourth-order valence-corrected chi connectivity index (χ4v) is 9.05. The van der Waals surface area contributed by atoms with Gasteiger partial charge in [-0.2, -0.15) is 0 Å². The van der Waals surface area contributed by atoms with Gasteiger partial charge in [0.2, 0.25) is 0 Å². The first-order valence-electron chi connectivity index (χ1n) is 17.8. The number of hydrogen-bond donors (Lipinski definition) is 0. The van der Waals surface area contributed by atoms with E-state index < -0.39 is 0 Å². The van der Waals surface area contributed by atoms with Crippen molar-refractivity contribution in [3.63, 3.8) is 0 Å². The van der Waals surface area contributed by atoms with Gasteiger partial charge in [-0.05, 0) is 91.3 Å². The molecule has 0 amide bonds. The van der Waals surface area contributed by atoms with Crippen LogP contribution in [0.25, 0.3) is 75.1 Å². The third kappa shape index (κ3) is 5.16. The Morgan fingerprint density at radius 1 is 0.346 bits per heavy atom. The van der Waals surface area contributed by atoms with Crippen molar-refractivity contribution in [3.05, 3.63) is 200 Å². The molecule has 0 saturated heterocycles.